The van der Waals surface area contributed by atoms with E-state index in [4.69, 9.17) is 0 Å². The molecule has 0 radical (unpaired) electrons. The van der Waals surface area contributed by atoms with Crippen LogP contribution in [0.25, 0.3) is 0 Å². The van der Waals surface area contributed by atoms with Crippen LogP contribution >= 0.6 is 0 Å². The van der Waals surface area contributed by atoms with E-state index in [1.807, 2.05) is 0 Å². The number of hydrogen-bond donors (Lipinski definition) is 0. The van der Waals surface area contributed by atoms with Crippen LogP contribution in [0.3, 0.4) is 0 Å². The van der Waals surface area contributed by atoms with Crippen LogP contribution in [0.1, 0.15) is 0 Å². The molecule has 0 saturated carbocycles. The summed E-state index contributed by atoms with van der Waals surface area (Å²) >= 11 is 0. The largest absolute Gasteiger partial charge is 0.472 e. The van der Waals surface area contributed by atoms with Gasteiger partial charge in [-0.1, -0.05) is 0 Å². The average molecular weight is 412 g/mol. The Hall–Kier alpha value is -1.51. The summed E-state index contributed by atoms with van der Waals surface area (Å²) in [6.07, 6.45) is -7.59. The van der Waals surface area contributed by atoms with Gasteiger partial charge in [-0.3, -0.25) is 0 Å². The molecule has 0 saturated heterocycles. The number of hydrogen-bond acceptors (Lipinski definition) is 1. The van der Waals surface area contributed by atoms with Crippen LogP contribution in [0.15, 0.2) is 11.8 Å². The zero-order chi connectivity index (χ0) is 20.9. The monoisotopic (exact) mass is 412 g/mol. The minimum atomic E-state index is -8.20. The minimum Gasteiger partial charge on any atom is -0.472 e. The quantitative estimate of drug-likeness (QED) is 0.415. The third kappa shape index (κ3) is 3.07. The molecule has 0 rings (SSSR count). The highest BCUT2D eigenvalue weighted by Gasteiger charge is 2.91. The summed E-state index contributed by atoms with van der Waals surface area (Å²) in [4.78, 5) is 0. The molecule has 150 valence electrons. The van der Waals surface area contributed by atoms with E-state index in [-0.39, 0.29) is 7.11 Å². The molecule has 0 aliphatic carbocycles. The van der Waals surface area contributed by atoms with Gasteiger partial charge in [0.15, 0.2) is 0 Å². The molecule has 0 spiro atoms. The molecule has 0 fully saturated rings. The predicted octanol–water partition coefficient (Wildman–Crippen LogP) is 5.48. The molecule has 0 unspecified atom stereocenters. The van der Waals surface area contributed by atoms with Crippen molar-refractivity contribution >= 4 is 0 Å². The number of ether oxygens (including phenoxy) is 1. The van der Waals surface area contributed by atoms with Crippen LogP contribution < -0.4 is 0 Å². The standard InChI is InChI=1S/C9H3F15O/c1-25-3(11)2(10)4(12,13)5(14,15)6(16,17)7(18,19)8(20,21)9(22,23)24/h1H3. The van der Waals surface area contributed by atoms with Crippen molar-refractivity contribution in [2.75, 3.05) is 7.11 Å². The Morgan fingerprint density at radius 1 is 0.560 bits per heavy atom. The number of allylic oxidation sites excluding steroid dienone is 1. The smallest absolute Gasteiger partial charge is 0.460 e. The van der Waals surface area contributed by atoms with Crippen LogP contribution in [-0.4, -0.2) is 42.9 Å². The molecule has 0 aromatic rings. The summed E-state index contributed by atoms with van der Waals surface area (Å²) in [6, 6.07) is -3.34. The van der Waals surface area contributed by atoms with Gasteiger partial charge in [0.25, 0.3) is 0 Å². The molecule has 16 heteroatoms. The highest BCUT2D eigenvalue weighted by Crippen LogP contribution is 2.61. The van der Waals surface area contributed by atoms with Crippen LogP contribution in [-0.2, 0) is 4.74 Å². The van der Waals surface area contributed by atoms with Crippen molar-refractivity contribution in [3.05, 3.63) is 11.8 Å². The highest BCUT2D eigenvalue weighted by atomic mass is 19.4. The van der Waals surface area contributed by atoms with E-state index in [0.29, 0.717) is 0 Å². The lowest BCUT2D eigenvalue weighted by atomic mass is 9.93. The summed E-state index contributed by atoms with van der Waals surface area (Å²) in [7, 11) is -0.0202. The predicted molar refractivity (Wildman–Crippen MR) is 47.0 cm³/mol. The van der Waals surface area contributed by atoms with Crippen molar-refractivity contribution in [3.63, 3.8) is 0 Å². The van der Waals surface area contributed by atoms with Gasteiger partial charge in [-0.2, -0.15) is 65.9 Å². The Labute approximate surface area is 127 Å². The Balaban J connectivity index is 6.50. The van der Waals surface area contributed by atoms with E-state index in [9.17, 15) is 65.9 Å². The summed E-state index contributed by atoms with van der Waals surface area (Å²) < 4.78 is 191. The van der Waals surface area contributed by atoms with E-state index in [1.54, 1.807) is 0 Å². The van der Waals surface area contributed by atoms with Gasteiger partial charge in [-0.15, -0.1) is 0 Å². The van der Waals surface area contributed by atoms with Crippen molar-refractivity contribution in [2.24, 2.45) is 0 Å². The van der Waals surface area contributed by atoms with Crippen molar-refractivity contribution in [1.82, 2.24) is 0 Å². The zero-order valence-corrected chi connectivity index (χ0v) is 11.1. The molecular formula is C9H3F15O. The molecule has 25 heavy (non-hydrogen) atoms. The fraction of sp³-hybridized carbons (Fsp3) is 0.778. The first kappa shape index (κ1) is 23.5. The molecular weight excluding hydrogens is 409 g/mol. The van der Waals surface area contributed by atoms with E-state index in [0.717, 1.165) is 0 Å². The van der Waals surface area contributed by atoms with E-state index < -0.39 is 47.6 Å². The van der Waals surface area contributed by atoms with Crippen molar-refractivity contribution in [1.29, 1.82) is 0 Å². The minimum absolute atomic E-state index is 0.0202. The fourth-order valence-electron chi connectivity index (χ4n) is 1.12. The van der Waals surface area contributed by atoms with Crippen molar-refractivity contribution in [3.8, 4) is 0 Å². The number of halogens is 15. The van der Waals surface area contributed by atoms with Gasteiger partial charge in [0.1, 0.15) is 0 Å². The van der Waals surface area contributed by atoms with Gasteiger partial charge in [0.2, 0.25) is 5.83 Å². The third-order valence-electron chi connectivity index (χ3n) is 2.56. The van der Waals surface area contributed by atoms with Gasteiger partial charge in [-0.25, -0.2) is 0 Å². The first-order valence-corrected chi connectivity index (χ1v) is 5.20. The van der Waals surface area contributed by atoms with Gasteiger partial charge in [-0.05, 0) is 0 Å². The second kappa shape index (κ2) is 6.03. The van der Waals surface area contributed by atoms with Crippen LogP contribution in [0.5, 0.6) is 0 Å². The topological polar surface area (TPSA) is 9.23 Å². The molecule has 0 aromatic heterocycles. The van der Waals surface area contributed by atoms with E-state index in [1.165, 1.54) is 0 Å². The molecule has 0 N–H and O–H groups in total. The fourth-order valence-corrected chi connectivity index (χ4v) is 1.12. The van der Waals surface area contributed by atoms with Crippen LogP contribution in [0.2, 0.25) is 0 Å². The van der Waals surface area contributed by atoms with E-state index >= 15 is 0 Å². The molecule has 0 atom stereocenters. The summed E-state index contributed by atoms with van der Waals surface area (Å²) in [5, 5.41) is 0. The molecule has 0 aromatic carbocycles. The normalized spacial score (nSPS) is 16.6. The Morgan fingerprint density at radius 3 is 1.16 bits per heavy atom. The first-order chi connectivity index (χ1) is 10.6. The Morgan fingerprint density at radius 2 is 0.880 bits per heavy atom. The number of methoxy groups -OCH3 is 1. The maximum Gasteiger partial charge on any atom is 0.460 e. The summed E-state index contributed by atoms with van der Waals surface area (Å²) in [6.45, 7) is 0. The van der Waals surface area contributed by atoms with Gasteiger partial charge in [0, 0.05) is 0 Å². The van der Waals surface area contributed by atoms with Crippen molar-refractivity contribution in [2.45, 2.75) is 35.8 Å². The second-order valence-corrected chi connectivity index (χ2v) is 4.16. The molecule has 0 amide bonds. The Kier molecular flexibility index (Phi) is 5.67. The maximum atomic E-state index is 13.0. The van der Waals surface area contributed by atoms with Gasteiger partial charge in [0.05, 0.1) is 7.11 Å². The molecule has 0 heterocycles. The zero-order valence-electron chi connectivity index (χ0n) is 11.1. The van der Waals surface area contributed by atoms with Crippen LogP contribution in [0.4, 0.5) is 65.9 Å². The first-order valence-electron chi connectivity index (χ1n) is 5.20. The lowest BCUT2D eigenvalue weighted by Gasteiger charge is -2.39. The number of rotatable bonds is 6. The average Bonchev–Trinajstić information content (AvgIpc) is 2.43. The third-order valence-corrected chi connectivity index (χ3v) is 2.56. The highest BCUT2D eigenvalue weighted by molar-refractivity contribution is 5.19. The van der Waals surface area contributed by atoms with E-state index in [2.05, 4.69) is 4.74 Å². The van der Waals surface area contributed by atoms with Crippen molar-refractivity contribution < 1.29 is 70.6 Å². The van der Waals surface area contributed by atoms with Crippen LogP contribution in [0, 0.1) is 0 Å². The summed E-state index contributed by atoms with van der Waals surface area (Å²) in [5.74, 6) is -43.8. The maximum absolute atomic E-state index is 13.0. The molecule has 0 aliphatic rings. The lowest BCUT2D eigenvalue weighted by molar-refractivity contribution is -0.437. The summed E-state index contributed by atoms with van der Waals surface area (Å²) in [5.41, 5.74) is 0. The van der Waals surface area contributed by atoms with Gasteiger partial charge >= 0.3 is 41.8 Å². The second-order valence-electron chi connectivity index (χ2n) is 4.16. The number of alkyl halides is 13. The Bertz CT molecular complexity index is 528. The molecule has 0 aliphatic heterocycles. The SMILES string of the molecule is COC(F)=C(F)C(F)(F)C(F)(F)C(F)(F)C(F)(F)C(F)(F)C(F)(F)F. The lowest BCUT2D eigenvalue weighted by Crippen LogP contribution is -2.70. The molecule has 0 bridgehead atoms. The van der Waals surface area contributed by atoms with Gasteiger partial charge < -0.3 is 4.74 Å². The molecule has 1 nitrogen and oxygen atoms in total.